The summed E-state index contributed by atoms with van der Waals surface area (Å²) >= 11 is 0. The number of aromatic nitrogens is 4. The number of aryl methyl sites for hydroxylation is 2. The third kappa shape index (κ3) is 3.35. The maximum Gasteiger partial charge on any atom is 0.223 e. The van der Waals surface area contributed by atoms with E-state index in [9.17, 15) is 0 Å². The van der Waals surface area contributed by atoms with Crippen LogP contribution in [0.4, 0.5) is 5.69 Å². The lowest BCUT2D eigenvalue weighted by molar-refractivity contribution is 0.394. The monoisotopic (exact) mass is 334 g/mol. The van der Waals surface area contributed by atoms with E-state index in [4.69, 9.17) is 9.62 Å². The zero-order valence-corrected chi connectivity index (χ0v) is 14.1. The molecule has 0 saturated heterocycles. The molecule has 4 rings (SSSR count). The van der Waals surface area contributed by atoms with Crippen LogP contribution in [0, 0.1) is 6.92 Å². The Balaban J connectivity index is 1.54. The van der Waals surface area contributed by atoms with Gasteiger partial charge in [-0.3, -0.25) is 4.68 Å². The Morgan fingerprint density at radius 2 is 2.20 bits per heavy atom. The first-order valence-corrected chi connectivity index (χ1v) is 8.08. The minimum atomic E-state index is 0.564. The summed E-state index contributed by atoms with van der Waals surface area (Å²) < 4.78 is 6.83. The second kappa shape index (κ2) is 6.35. The molecule has 1 aromatic carbocycles. The van der Waals surface area contributed by atoms with Gasteiger partial charge in [-0.2, -0.15) is 15.2 Å². The molecule has 2 aromatic heterocycles. The minimum Gasteiger partial charge on any atom is -0.339 e. The summed E-state index contributed by atoms with van der Waals surface area (Å²) in [6, 6.07) is 8.16. The Hall–Kier alpha value is -3.22. The average molecular weight is 334 g/mol. The summed E-state index contributed by atoms with van der Waals surface area (Å²) in [5.74, 6) is 1.18. The number of allylic oxidation sites excluding steroid dienone is 1. The van der Waals surface area contributed by atoms with Crippen LogP contribution in [0.1, 0.15) is 17.9 Å². The summed E-state index contributed by atoms with van der Waals surface area (Å²) in [5.41, 5.74) is 4.16. The summed E-state index contributed by atoms with van der Waals surface area (Å²) in [5, 5.41) is 14.8. The van der Waals surface area contributed by atoms with Crippen LogP contribution in [-0.4, -0.2) is 25.6 Å². The minimum absolute atomic E-state index is 0.564. The molecule has 0 N–H and O–H groups in total. The SMILES string of the molecule is Cc1nc(-c2cccc(CC3=NN(c4cnn(C)c4)C=CC3)c2)no1. The van der Waals surface area contributed by atoms with Crippen molar-refractivity contribution >= 4 is 11.4 Å². The van der Waals surface area contributed by atoms with Crippen LogP contribution < -0.4 is 5.01 Å². The number of rotatable bonds is 4. The van der Waals surface area contributed by atoms with Gasteiger partial charge in [0.25, 0.3) is 0 Å². The third-order valence-electron chi connectivity index (χ3n) is 3.93. The van der Waals surface area contributed by atoms with Gasteiger partial charge in [0.15, 0.2) is 0 Å². The van der Waals surface area contributed by atoms with Gasteiger partial charge in [-0.25, -0.2) is 5.01 Å². The Morgan fingerprint density at radius 3 is 2.96 bits per heavy atom. The lowest BCUT2D eigenvalue weighted by atomic mass is 10.0. The van der Waals surface area contributed by atoms with Crippen molar-refractivity contribution in [3.05, 3.63) is 60.4 Å². The van der Waals surface area contributed by atoms with E-state index in [1.165, 1.54) is 5.56 Å². The van der Waals surface area contributed by atoms with Crippen LogP contribution in [0.15, 0.2) is 58.6 Å². The molecule has 0 radical (unpaired) electrons. The van der Waals surface area contributed by atoms with Crippen molar-refractivity contribution in [1.29, 1.82) is 0 Å². The molecule has 7 nitrogen and oxygen atoms in total. The first-order chi connectivity index (χ1) is 12.2. The number of nitrogens with zero attached hydrogens (tertiary/aromatic N) is 6. The summed E-state index contributed by atoms with van der Waals surface area (Å²) in [6.45, 7) is 1.79. The van der Waals surface area contributed by atoms with Gasteiger partial charge in [0.05, 0.1) is 12.4 Å². The fourth-order valence-electron chi connectivity index (χ4n) is 2.77. The standard InChI is InChI=1S/C18H18N6O/c1-13-20-18(22-25-13)15-6-3-5-14(9-15)10-16-7-4-8-24(21-16)17-11-19-23(2)12-17/h3-6,8-9,11-12H,7,10H2,1-2H3. The van der Waals surface area contributed by atoms with Crippen LogP contribution in [-0.2, 0) is 13.5 Å². The second-order valence-electron chi connectivity index (χ2n) is 5.99. The molecule has 0 unspecified atom stereocenters. The number of benzene rings is 1. The smallest absolute Gasteiger partial charge is 0.223 e. The zero-order valence-electron chi connectivity index (χ0n) is 14.1. The lowest BCUT2D eigenvalue weighted by Gasteiger charge is -2.18. The molecule has 0 atom stereocenters. The predicted octanol–water partition coefficient (Wildman–Crippen LogP) is 3.10. The first kappa shape index (κ1) is 15.3. The van der Waals surface area contributed by atoms with Gasteiger partial charge in [0.2, 0.25) is 11.7 Å². The normalized spacial score (nSPS) is 14.0. The predicted molar refractivity (Wildman–Crippen MR) is 95.1 cm³/mol. The molecule has 0 amide bonds. The van der Waals surface area contributed by atoms with Crippen molar-refractivity contribution < 1.29 is 4.52 Å². The fraction of sp³-hybridized carbons (Fsp3) is 0.222. The van der Waals surface area contributed by atoms with Crippen molar-refractivity contribution in [1.82, 2.24) is 19.9 Å². The van der Waals surface area contributed by atoms with E-state index in [1.807, 2.05) is 36.6 Å². The molecule has 0 spiro atoms. The largest absolute Gasteiger partial charge is 0.339 e. The quantitative estimate of drug-likeness (QED) is 0.733. The van der Waals surface area contributed by atoms with Crippen molar-refractivity contribution in [2.24, 2.45) is 12.1 Å². The molecule has 0 saturated carbocycles. The van der Waals surface area contributed by atoms with E-state index in [0.29, 0.717) is 11.7 Å². The molecule has 126 valence electrons. The molecule has 1 aliphatic rings. The Morgan fingerprint density at radius 1 is 1.28 bits per heavy atom. The molecule has 0 bridgehead atoms. The Labute approximate surface area is 145 Å². The van der Waals surface area contributed by atoms with Crippen LogP contribution in [0.25, 0.3) is 11.4 Å². The number of hydrogen-bond donors (Lipinski definition) is 0. The topological polar surface area (TPSA) is 72.3 Å². The summed E-state index contributed by atoms with van der Waals surface area (Å²) in [6.07, 6.45) is 9.43. The zero-order chi connectivity index (χ0) is 17.2. The molecule has 25 heavy (non-hydrogen) atoms. The molecule has 3 heterocycles. The Bertz CT molecular complexity index is 952. The highest BCUT2D eigenvalue weighted by atomic mass is 16.5. The van der Waals surface area contributed by atoms with Gasteiger partial charge in [-0.15, -0.1) is 0 Å². The van der Waals surface area contributed by atoms with Crippen LogP contribution >= 0.6 is 0 Å². The first-order valence-electron chi connectivity index (χ1n) is 8.08. The fourth-order valence-corrected chi connectivity index (χ4v) is 2.77. The van der Waals surface area contributed by atoms with Gasteiger partial charge in [-0.1, -0.05) is 29.4 Å². The molecular weight excluding hydrogens is 316 g/mol. The van der Waals surface area contributed by atoms with Crippen LogP contribution in [0.3, 0.4) is 0 Å². The van der Waals surface area contributed by atoms with E-state index in [2.05, 4.69) is 33.4 Å². The van der Waals surface area contributed by atoms with Crippen molar-refractivity contribution in [3.8, 4) is 11.4 Å². The highest BCUT2D eigenvalue weighted by molar-refractivity contribution is 5.89. The van der Waals surface area contributed by atoms with Gasteiger partial charge in [0, 0.05) is 44.3 Å². The maximum atomic E-state index is 5.07. The van der Waals surface area contributed by atoms with Crippen LogP contribution in [0.2, 0.25) is 0 Å². The van der Waals surface area contributed by atoms with E-state index in [0.717, 1.165) is 29.8 Å². The van der Waals surface area contributed by atoms with Gasteiger partial charge < -0.3 is 4.52 Å². The van der Waals surface area contributed by atoms with E-state index in [1.54, 1.807) is 17.8 Å². The van der Waals surface area contributed by atoms with Crippen molar-refractivity contribution in [2.45, 2.75) is 19.8 Å². The van der Waals surface area contributed by atoms with Crippen LogP contribution in [0.5, 0.6) is 0 Å². The highest BCUT2D eigenvalue weighted by Gasteiger charge is 2.12. The van der Waals surface area contributed by atoms with E-state index in [-0.39, 0.29) is 0 Å². The third-order valence-corrected chi connectivity index (χ3v) is 3.93. The number of hydrogen-bond acceptors (Lipinski definition) is 6. The summed E-state index contributed by atoms with van der Waals surface area (Å²) in [4.78, 5) is 4.29. The van der Waals surface area contributed by atoms with E-state index >= 15 is 0 Å². The van der Waals surface area contributed by atoms with Gasteiger partial charge >= 0.3 is 0 Å². The lowest BCUT2D eigenvalue weighted by Crippen LogP contribution is -2.17. The van der Waals surface area contributed by atoms with Crippen molar-refractivity contribution in [2.75, 3.05) is 5.01 Å². The molecule has 0 fully saturated rings. The van der Waals surface area contributed by atoms with Gasteiger partial charge in [0.1, 0.15) is 5.69 Å². The maximum absolute atomic E-state index is 5.07. The summed E-state index contributed by atoms with van der Waals surface area (Å²) in [7, 11) is 1.90. The molecular formula is C18H18N6O. The molecule has 0 aliphatic carbocycles. The molecule has 3 aromatic rings. The average Bonchev–Trinajstić information content (AvgIpc) is 3.24. The number of anilines is 1. The second-order valence-corrected chi connectivity index (χ2v) is 5.99. The van der Waals surface area contributed by atoms with E-state index < -0.39 is 0 Å². The highest BCUT2D eigenvalue weighted by Crippen LogP contribution is 2.21. The number of hydrazone groups is 1. The van der Waals surface area contributed by atoms with Gasteiger partial charge in [-0.05, 0) is 11.6 Å². The van der Waals surface area contributed by atoms with Crippen molar-refractivity contribution in [3.63, 3.8) is 0 Å². The molecule has 1 aliphatic heterocycles. The Kier molecular flexibility index (Phi) is 3.89. The molecule has 7 heteroatoms.